The molecule has 2 aromatic heterocycles. The molecule has 3 aromatic rings. The second-order valence-corrected chi connectivity index (χ2v) is 8.87. The maximum Gasteiger partial charge on any atom is 0.250 e. The Morgan fingerprint density at radius 2 is 1.88 bits per heavy atom. The number of hydrogen-bond acceptors (Lipinski definition) is 5. The minimum Gasteiger partial charge on any atom is -0.473 e. The third-order valence-electron chi connectivity index (χ3n) is 3.31. The first-order chi connectivity index (χ1) is 12.0. The van der Waals surface area contributed by atoms with Crippen LogP contribution >= 0.6 is 22.9 Å². The maximum atomic E-state index is 12.2. The number of sulfonamides is 1. The molecule has 5 nitrogen and oxygen atoms in total. The van der Waals surface area contributed by atoms with Crippen LogP contribution in [0, 0.1) is 0 Å². The molecule has 3 rings (SSSR count). The number of halogens is 1. The van der Waals surface area contributed by atoms with Crippen molar-refractivity contribution < 1.29 is 13.2 Å². The molecular formula is C17H15ClN2O3S2. The molecule has 0 aliphatic carbocycles. The van der Waals surface area contributed by atoms with Crippen molar-refractivity contribution in [2.45, 2.75) is 17.4 Å². The van der Waals surface area contributed by atoms with Gasteiger partial charge in [-0.05, 0) is 29.3 Å². The minimum atomic E-state index is -3.58. The Hall–Kier alpha value is -1.93. The van der Waals surface area contributed by atoms with Crippen molar-refractivity contribution in [3.05, 3.63) is 76.3 Å². The standard InChI is InChI=1S/C17H15ClN2O3S2/c18-15-6-7-17(24-15)25(21,22)20-11-14-8-9-19-16(10-14)23-12-13-4-2-1-3-5-13/h1-10,20H,11-12H2. The van der Waals surface area contributed by atoms with Gasteiger partial charge < -0.3 is 4.74 Å². The lowest BCUT2D eigenvalue weighted by molar-refractivity contribution is 0.293. The number of nitrogens with one attached hydrogen (secondary N) is 1. The second kappa shape index (κ2) is 7.97. The number of hydrogen-bond donors (Lipinski definition) is 1. The molecule has 25 heavy (non-hydrogen) atoms. The number of pyridine rings is 1. The molecule has 130 valence electrons. The molecule has 0 amide bonds. The van der Waals surface area contributed by atoms with Gasteiger partial charge in [0, 0.05) is 18.8 Å². The van der Waals surface area contributed by atoms with Crippen molar-refractivity contribution in [2.75, 3.05) is 0 Å². The molecule has 0 aliphatic rings. The molecule has 0 unspecified atom stereocenters. The molecule has 0 radical (unpaired) electrons. The number of ether oxygens (including phenoxy) is 1. The summed E-state index contributed by atoms with van der Waals surface area (Å²) in [7, 11) is -3.58. The molecular weight excluding hydrogens is 380 g/mol. The fourth-order valence-electron chi connectivity index (χ4n) is 2.06. The van der Waals surface area contributed by atoms with E-state index in [1.807, 2.05) is 30.3 Å². The second-order valence-electron chi connectivity index (χ2n) is 5.16. The van der Waals surface area contributed by atoms with Gasteiger partial charge >= 0.3 is 0 Å². The molecule has 0 saturated heterocycles. The summed E-state index contributed by atoms with van der Waals surface area (Å²) in [5.74, 6) is 0.444. The van der Waals surface area contributed by atoms with Gasteiger partial charge in [-0.1, -0.05) is 41.9 Å². The predicted octanol–water partition coefficient (Wildman–Crippen LogP) is 3.85. The van der Waals surface area contributed by atoms with Gasteiger partial charge in [-0.25, -0.2) is 18.1 Å². The molecule has 0 saturated carbocycles. The summed E-state index contributed by atoms with van der Waals surface area (Å²) in [6, 6.07) is 16.2. The van der Waals surface area contributed by atoms with Gasteiger partial charge in [0.15, 0.2) is 0 Å². The van der Waals surface area contributed by atoms with Crippen LogP contribution in [-0.2, 0) is 23.2 Å². The first kappa shape index (κ1) is 17.9. The monoisotopic (exact) mass is 394 g/mol. The lowest BCUT2D eigenvalue weighted by Gasteiger charge is -2.08. The highest BCUT2D eigenvalue weighted by atomic mass is 35.5. The first-order valence-corrected chi connectivity index (χ1v) is 10.1. The third kappa shape index (κ3) is 5.02. The van der Waals surface area contributed by atoms with Gasteiger partial charge in [-0.3, -0.25) is 0 Å². The van der Waals surface area contributed by atoms with E-state index in [2.05, 4.69) is 9.71 Å². The van der Waals surface area contributed by atoms with Crippen LogP contribution in [0.2, 0.25) is 4.34 Å². The van der Waals surface area contributed by atoms with E-state index in [4.69, 9.17) is 16.3 Å². The van der Waals surface area contributed by atoms with Crippen molar-refractivity contribution in [3.8, 4) is 5.88 Å². The summed E-state index contributed by atoms with van der Waals surface area (Å²) in [5.41, 5.74) is 1.79. The highest BCUT2D eigenvalue weighted by Crippen LogP contribution is 2.25. The Morgan fingerprint density at radius 1 is 1.08 bits per heavy atom. The van der Waals surface area contributed by atoms with E-state index in [0.717, 1.165) is 22.5 Å². The molecule has 0 fully saturated rings. The smallest absolute Gasteiger partial charge is 0.250 e. The SMILES string of the molecule is O=S(=O)(NCc1ccnc(OCc2ccccc2)c1)c1ccc(Cl)s1. The Bertz CT molecular complexity index is 943. The van der Waals surface area contributed by atoms with Crippen LogP contribution in [0.25, 0.3) is 0 Å². The lowest BCUT2D eigenvalue weighted by atomic mass is 10.2. The largest absolute Gasteiger partial charge is 0.473 e. The zero-order valence-corrected chi connectivity index (χ0v) is 15.4. The Morgan fingerprint density at radius 3 is 2.60 bits per heavy atom. The average molecular weight is 395 g/mol. The number of benzene rings is 1. The molecule has 0 aliphatic heterocycles. The van der Waals surface area contributed by atoms with Gasteiger partial charge in [0.25, 0.3) is 0 Å². The zero-order valence-electron chi connectivity index (χ0n) is 13.1. The summed E-state index contributed by atoms with van der Waals surface area (Å²) < 4.78 is 33.2. The van der Waals surface area contributed by atoms with Crippen molar-refractivity contribution in [2.24, 2.45) is 0 Å². The van der Waals surface area contributed by atoms with Crippen LogP contribution in [0.4, 0.5) is 0 Å². The van der Waals surface area contributed by atoms with Crippen molar-refractivity contribution in [1.82, 2.24) is 9.71 Å². The highest BCUT2D eigenvalue weighted by molar-refractivity contribution is 7.91. The predicted molar refractivity (Wildman–Crippen MR) is 98.4 cm³/mol. The summed E-state index contributed by atoms with van der Waals surface area (Å²) in [6.45, 7) is 0.540. The third-order valence-corrected chi connectivity index (χ3v) is 6.43. The van der Waals surface area contributed by atoms with Gasteiger partial charge in [0.1, 0.15) is 10.8 Å². The van der Waals surface area contributed by atoms with E-state index in [1.165, 1.54) is 6.07 Å². The van der Waals surface area contributed by atoms with Gasteiger partial charge in [0.05, 0.1) is 4.34 Å². The fraction of sp³-hybridized carbons (Fsp3) is 0.118. The van der Waals surface area contributed by atoms with E-state index in [9.17, 15) is 8.42 Å². The molecule has 0 bridgehead atoms. The molecule has 0 atom stereocenters. The Balaban J connectivity index is 1.62. The average Bonchev–Trinajstić information content (AvgIpc) is 3.07. The van der Waals surface area contributed by atoms with E-state index in [-0.39, 0.29) is 10.8 Å². The number of thiophene rings is 1. The number of rotatable bonds is 7. The van der Waals surface area contributed by atoms with E-state index in [0.29, 0.717) is 16.8 Å². The van der Waals surface area contributed by atoms with Crippen LogP contribution < -0.4 is 9.46 Å². The Labute approximate surface area is 155 Å². The normalized spacial score (nSPS) is 11.4. The van der Waals surface area contributed by atoms with Crippen LogP contribution in [0.15, 0.2) is 65.0 Å². The van der Waals surface area contributed by atoms with Gasteiger partial charge in [-0.15, -0.1) is 11.3 Å². The van der Waals surface area contributed by atoms with Crippen LogP contribution in [0.3, 0.4) is 0 Å². The quantitative estimate of drug-likeness (QED) is 0.660. The van der Waals surface area contributed by atoms with Crippen molar-refractivity contribution >= 4 is 33.0 Å². The summed E-state index contributed by atoms with van der Waals surface area (Å²) in [4.78, 5) is 4.15. The van der Waals surface area contributed by atoms with E-state index >= 15 is 0 Å². The van der Waals surface area contributed by atoms with Crippen molar-refractivity contribution in [3.63, 3.8) is 0 Å². The molecule has 0 spiro atoms. The van der Waals surface area contributed by atoms with Crippen LogP contribution in [0.1, 0.15) is 11.1 Å². The van der Waals surface area contributed by atoms with E-state index in [1.54, 1.807) is 24.4 Å². The van der Waals surface area contributed by atoms with Gasteiger partial charge in [0.2, 0.25) is 15.9 Å². The molecule has 1 aromatic carbocycles. The fourth-order valence-corrected chi connectivity index (χ4v) is 4.61. The number of nitrogens with zero attached hydrogens (tertiary/aromatic N) is 1. The first-order valence-electron chi connectivity index (χ1n) is 7.39. The minimum absolute atomic E-state index is 0.141. The molecule has 2 heterocycles. The number of aromatic nitrogens is 1. The zero-order chi connectivity index (χ0) is 17.7. The molecule has 1 N–H and O–H groups in total. The Kier molecular flexibility index (Phi) is 5.70. The maximum absolute atomic E-state index is 12.2. The summed E-state index contributed by atoms with van der Waals surface area (Å²) >= 11 is 6.81. The highest BCUT2D eigenvalue weighted by Gasteiger charge is 2.16. The van der Waals surface area contributed by atoms with Crippen LogP contribution in [-0.4, -0.2) is 13.4 Å². The lowest BCUT2D eigenvalue weighted by Crippen LogP contribution is -2.22. The van der Waals surface area contributed by atoms with Gasteiger partial charge in [-0.2, -0.15) is 0 Å². The summed E-state index contributed by atoms with van der Waals surface area (Å²) in [5, 5.41) is 0. The van der Waals surface area contributed by atoms with E-state index < -0.39 is 10.0 Å². The van der Waals surface area contributed by atoms with Crippen molar-refractivity contribution in [1.29, 1.82) is 0 Å². The molecule has 8 heteroatoms. The van der Waals surface area contributed by atoms with Crippen LogP contribution in [0.5, 0.6) is 5.88 Å². The summed E-state index contributed by atoms with van der Waals surface area (Å²) in [6.07, 6.45) is 1.59. The topological polar surface area (TPSA) is 68.3 Å².